The highest BCUT2D eigenvalue weighted by molar-refractivity contribution is 7.10. The van der Waals surface area contributed by atoms with Crippen molar-refractivity contribution in [2.75, 3.05) is 7.05 Å². The Hall–Kier alpha value is -0.970. The molecular weight excluding hydrogens is 208 g/mol. The van der Waals surface area contributed by atoms with E-state index >= 15 is 0 Å². The molecule has 0 unspecified atom stereocenters. The van der Waals surface area contributed by atoms with E-state index in [1.165, 1.54) is 18.4 Å². The van der Waals surface area contributed by atoms with Gasteiger partial charge in [-0.3, -0.25) is 4.79 Å². The molecule has 1 heterocycles. The predicted octanol–water partition coefficient (Wildman–Crippen LogP) is 2.28. The molecule has 14 heavy (non-hydrogen) atoms. The molecule has 0 aliphatic heterocycles. The second-order valence-corrected chi connectivity index (χ2v) is 4.02. The third-order valence-corrected chi connectivity index (χ3v) is 2.92. The predicted molar refractivity (Wildman–Crippen MR) is 51.5 cm³/mol. The summed E-state index contributed by atoms with van der Waals surface area (Å²) in [5.41, 5.74) is 1.03. The van der Waals surface area contributed by atoms with Crippen molar-refractivity contribution in [2.24, 2.45) is 0 Å². The minimum atomic E-state index is -2.92. The SMILES string of the molecule is Cc1ccsc1CN(C)C(=O)C(F)F. The summed E-state index contributed by atoms with van der Waals surface area (Å²) in [5, 5.41) is 1.88. The lowest BCUT2D eigenvalue weighted by Crippen LogP contribution is -2.31. The fourth-order valence-corrected chi connectivity index (χ4v) is 1.98. The molecule has 0 aliphatic rings. The molecule has 0 bridgehead atoms. The van der Waals surface area contributed by atoms with E-state index in [0.29, 0.717) is 0 Å². The van der Waals surface area contributed by atoms with Gasteiger partial charge < -0.3 is 4.90 Å². The maximum Gasteiger partial charge on any atom is 0.315 e. The summed E-state index contributed by atoms with van der Waals surface area (Å²) in [6, 6.07) is 1.90. The smallest absolute Gasteiger partial charge is 0.315 e. The Bertz CT molecular complexity index is 324. The maximum atomic E-state index is 12.0. The number of rotatable bonds is 3. The first-order valence-electron chi connectivity index (χ1n) is 4.08. The topological polar surface area (TPSA) is 20.3 Å². The van der Waals surface area contributed by atoms with Gasteiger partial charge in [0.05, 0.1) is 6.54 Å². The van der Waals surface area contributed by atoms with Crippen LogP contribution < -0.4 is 0 Å². The third-order valence-electron chi connectivity index (χ3n) is 1.91. The van der Waals surface area contributed by atoms with Gasteiger partial charge in [0.15, 0.2) is 0 Å². The normalized spacial score (nSPS) is 10.6. The zero-order chi connectivity index (χ0) is 10.7. The number of carbonyl (C=O) groups excluding carboxylic acids is 1. The second kappa shape index (κ2) is 4.50. The van der Waals surface area contributed by atoms with E-state index in [1.54, 1.807) is 0 Å². The van der Waals surface area contributed by atoms with E-state index in [-0.39, 0.29) is 6.54 Å². The van der Waals surface area contributed by atoms with Crippen LogP contribution in [0.1, 0.15) is 10.4 Å². The molecule has 0 saturated heterocycles. The van der Waals surface area contributed by atoms with Crippen LogP contribution in [-0.4, -0.2) is 24.3 Å². The molecule has 1 aromatic rings. The Morgan fingerprint density at radius 2 is 2.29 bits per heavy atom. The van der Waals surface area contributed by atoms with Crippen LogP contribution in [0.3, 0.4) is 0 Å². The summed E-state index contributed by atoms with van der Waals surface area (Å²) >= 11 is 1.47. The van der Waals surface area contributed by atoms with Gasteiger partial charge in [-0.05, 0) is 23.9 Å². The molecule has 1 amide bonds. The number of amides is 1. The van der Waals surface area contributed by atoms with Crippen molar-refractivity contribution in [1.29, 1.82) is 0 Å². The van der Waals surface area contributed by atoms with Crippen LogP contribution in [0.2, 0.25) is 0 Å². The number of hydrogen-bond acceptors (Lipinski definition) is 2. The van der Waals surface area contributed by atoms with Crippen LogP contribution in [-0.2, 0) is 11.3 Å². The Kier molecular flexibility index (Phi) is 3.57. The van der Waals surface area contributed by atoms with Crippen LogP contribution in [0, 0.1) is 6.92 Å². The first-order valence-corrected chi connectivity index (χ1v) is 4.96. The number of alkyl halides is 2. The van der Waals surface area contributed by atoms with E-state index in [1.807, 2.05) is 18.4 Å². The van der Waals surface area contributed by atoms with E-state index in [2.05, 4.69) is 0 Å². The van der Waals surface area contributed by atoms with Gasteiger partial charge in [0.2, 0.25) is 0 Å². The van der Waals surface area contributed by atoms with Gasteiger partial charge in [-0.25, -0.2) is 0 Å². The summed E-state index contributed by atoms with van der Waals surface area (Å²) in [7, 11) is 1.38. The molecule has 0 radical (unpaired) electrons. The first-order chi connectivity index (χ1) is 6.52. The molecule has 2 nitrogen and oxygen atoms in total. The average molecular weight is 219 g/mol. The summed E-state index contributed by atoms with van der Waals surface area (Å²) in [4.78, 5) is 12.9. The van der Waals surface area contributed by atoms with Crippen molar-refractivity contribution >= 4 is 17.2 Å². The van der Waals surface area contributed by atoms with Crippen molar-refractivity contribution in [3.05, 3.63) is 21.9 Å². The van der Waals surface area contributed by atoms with Crippen LogP contribution >= 0.6 is 11.3 Å². The van der Waals surface area contributed by atoms with Gasteiger partial charge in [0.1, 0.15) is 0 Å². The van der Waals surface area contributed by atoms with Gasteiger partial charge in [0.25, 0.3) is 5.91 Å². The van der Waals surface area contributed by atoms with Crippen molar-refractivity contribution in [3.63, 3.8) is 0 Å². The lowest BCUT2D eigenvalue weighted by Gasteiger charge is -2.15. The zero-order valence-electron chi connectivity index (χ0n) is 7.96. The molecule has 0 aromatic carbocycles. The van der Waals surface area contributed by atoms with E-state index in [9.17, 15) is 13.6 Å². The summed E-state index contributed by atoms with van der Waals surface area (Å²) in [6.45, 7) is 2.15. The minimum Gasteiger partial charge on any atom is -0.336 e. The van der Waals surface area contributed by atoms with E-state index in [4.69, 9.17) is 0 Å². The highest BCUT2D eigenvalue weighted by Crippen LogP contribution is 2.17. The van der Waals surface area contributed by atoms with Crippen LogP contribution in [0.5, 0.6) is 0 Å². The quantitative estimate of drug-likeness (QED) is 0.763. The molecule has 1 aromatic heterocycles. The maximum absolute atomic E-state index is 12.0. The van der Waals surface area contributed by atoms with Crippen LogP contribution in [0.25, 0.3) is 0 Å². The molecule has 0 aliphatic carbocycles. The second-order valence-electron chi connectivity index (χ2n) is 3.02. The number of thiophene rings is 1. The van der Waals surface area contributed by atoms with Gasteiger partial charge in [-0.15, -0.1) is 11.3 Å². The monoisotopic (exact) mass is 219 g/mol. The fraction of sp³-hybridized carbons (Fsp3) is 0.444. The minimum absolute atomic E-state index is 0.257. The highest BCUT2D eigenvalue weighted by Gasteiger charge is 2.20. The molecular formula is C9H11F2NOS. The summed E-state index contributed by atoms with van der Waals surface area (Å²) in [5.74, 6) is -1.13. The van der Waals surface area contributed by atoms with E-state index in [0.717, 1.165) is 15.3 Å². The molecule has 0 N–H and O–H groups in total. The van der Waals surface area contributed by atoms with Crippen LogP contribution in [0.4, 0.5) is 8.78 Å². The standard InChI is InChI=1S/C9H11F2NOS/c1-6-3-4-14-7(6)5-12(2)9(13)8(10)11/h3-4,8H,5H2,1-2H3. The molecule has 78 valence electrons. The van der Waals surface area contributed by atoms with Gasteiger partial charge >= 0.3 is 6.43 Å². The van der Waals surface area contributed by atoms with E-state index < -0.39 is 12.3 Å². The fourth-order valence-electron chi connectivity index (χ4n) is 1.03. The van der Waals surface area contributed by atoms with Crippen molar-refractivity contribution < 1.29 is 13.6 Å². The van der Waals surface area contributed by atoms with Gasteiger partial charge in [-0.2, -0.15) is 8.78 Å². The Morgan fingerprint density at radius 1 is 1.64 bits per heavy atom. The summed E-state index contributed by atoms with van der Waals surface area (Å²) in [6.07, 6.45) is -2.92. The molecule has 5 heteroatoms. The molecule has 0 spiro atoms. The highest BCUT2D eigenvalue weighted by atomic mass is 32.1. The summed E-state index contributed by atoms with van der Waals surface area (Å²) < 4.78 is 24.0. The molecule has 1 rings (SSSR count). The zero-order valence-corrected chi connectivity index (χ0v) is 8.78. The largest absolute Gasteiger partial charge is 0.336 e. The van der Waals surface area contributed by atoms with Gasteiger partial charge in [-0.1, -0.05) is 0 Å². The average Bonchev–Trinajstić information content (AvgIpc) is 2.50. The van der Waals surface area contributed by atoms with Gasteiger partial charge in [0, 0.05) is 11.9 Å². The number of halogens is 2. The molecule has 0 saturated carbocycles. The Balaban J connectivity index is 2.62. The molecule has 0 fully saturated rings. The Labute approximate surface area is 85.1 Å². The number of carbonyl (C=O) groups is 1. The lowest BCUT2D eigenvalue weighted by molar-refractivity contribution is -0.141. The van der Waals surface area contributed by atoms with Crippen LogP contribution in [0.15, 0.2) is 11.4 Å². The van der Waals surface area contributed by atoms with Crippen molar-refractivity contribution in [1.82, 2.24) is 4.90 Å². The lowest BCUT2D eigenvalue weighted by atomic mass is 10.3. The first kappa shape index (κ1) is 11.1. The number of aryl methyl sites for hydroxylation is 1. The van der Waals surface area contributed by atoms with Crippen molar-refractivity contribution in [3.8, 4) is 0 Å². The Morgan fingerprint density at radius 3 is 2.71 bits per heavy atom. The number of nitrogens with zero attached hydrogens (tertiary/aromatic N) is 1. The molecule has 0 atom stereocenters. The van der Waals surface area contributed by atoms with Crippen molar-refractivity contribution in [2.45, 2.75) is 19.9 Å². The third kappa shape index (κ3) is 2.51. The number of hydrogen-bond donors (Lipinski definition) is 0.